The van der Waals surface area contributed by atoms with E-state index in [1.54, 1.807) is 7.11 Å². The Morgan fingerprint density at radius 2 is 1.89 bits per heavy atom. The van der Waals surface area contributed by atoms with Crippen molar-refractivity contribution in [2.75, 3.05) is 37.4 Å². The second-order valence-electron chi connectivity index (χ2n) is 9.63. The number of anilines is 3. The number of hydrogen-bond donors (Lipinski definition) is 4. The Morgan fingerprint density at radius 3 is 2.58 bits per heavy atom. The average Bonchev–Trinajstić information content (AvgIpc) is 3.39. The summed E-state index contributed by atoms with van der Waals surface area (Å²) in [6.07, 6.45) is 8.19. The number of rotatable bonds is 8. The van der Waals surface area contributed by atoms with Gasteiger partial charge in [0.05, 0.1) is 31.5 Å². The molecule has 3 aliphatic rings. The van der Waals surface area contributed by atoms with E-state index in [9.17, 15) is 9.59 Å². The minimum absolute atomic E-state index is 0.144. The number of hydrogen-bond acceptors (Lipinski definition) is 8. The van der Waals surface area contributed by atoms with Crippen LogP contribution in [0.2, 0.25) is 5.02 Å². The van der Waals surface area contributed by atoms with Gasteiger partial charge in [-0.1, -0.05) is 23.8 Å². The van der Waals surface area contributed by atoms with Crippen molar-refractivity contribution in [3.63, 3.8) is 0 Å². The zero-order valence-electron chi connectivity index (χ0n) is 20.0. The monoisotopic (exact) mass is 511 g/mol. The molecule has 2 heterocycles. The summed E-state index contributed by atoms with van der Waals surface area (Å²) in [7, 11) is 1.62. The number of nitrogens with zero attached hydrogens (tertiary/aromatic N) is 3. The van der Waals surface area contributed by atoms with Gasteiger partial charge in [0.1, 0.15) is 10.8 Å². The van der Waals surface area contributed by atoms with Gasteiger partial charge in [-0.15, -0.1) is 0 Å². The van der Waals surface area contributed by atoms with Crippen LogP contribution in [0.4, 0.5) is 17.5 Å². The lowest BCUT2D eigenvalue weighted by Gasteiger charge is -2.27. The number of fused-ring (bicyclic) bond motifs is 3. The quantitative estimate of drug-likeness (QED) is 0.392. The summed E-state index contributed by atoms with van der Waals surface area (Å²) in [5.74, 6) is 0.851. The predicted octanol–water partition coefficient (Wildman–Crippen LogP) is 1.86. The van der Waals surface area contributed by atoms with E-state index < -0.39 is 0 Å². The maximum absolute atomic E-state index is 12.1. The number of halogens is 1. The molecule has 1 aromatic heterocycles. The number of primary amides is 2. The van der Waals surface area contributed by atoms with Crippen LogP contribution in [-0.2, 0) is 22.4 Å². The zero-order chi connectivity index (χ0) is 25.4. The molecule has 1 aliphatic heterocycles. The first-order valence-electron chi connectivity index (χ1n) is 12.1. The van der Waals surface area contributed by atoms with Crippen molar-refractivity contribution in [3.8, 4) is 5.75 Å². The third kappa shape index (κ3) is 4.83. The molecule has 0 radical (unpaired) electrons. The number of nitrogens with one attached hydrogen (secondary N) is 2. The molecule has 2 aromatic rings. The molecule has 1 fully saturated rings. The average molecular weight is 512 g/mol. The van der Waals surface area contributed by atoms with Crippen LogP contribution in [0.3, 0.4) is 0 Å². The largest absolute Gasteiger partial charge is 0.495 e. The molecule has 2 amide bonds. The number of methoxy groups -OCH3 is 1. The van der Waals surface area contributed by atoms with Crippen LogP contribution in [0, 0.1) is 17.8 Å². The van der Waals surface area contributed by atoms with Crippen molar-refractivity contribution < 1.29 is 14.3 Å². The standard InChI is InChI=1S/C25H30ClN7O3/c1-36-19-10-14-5-7-33(12-20(27)34)6-4-13(14)9-18(19)30-25-29-11-17(26)24(32-25)31-22-16-3-2-15(8-16)21(22)23(28)35/h2-3,9-11,15-16,21-22H,4-8,12H2,1H3,(H2,27,34)(H2,28,35)(H2,29,30,31,32)/t15-,16+,21+,22-/m1/s1. The maximum atomic E-state index is 12.1. The number of carbonyl (C=O) groups is 2. The number of allylic oxidation sites excluding steroid dienone is 1. The van der Waals surface area contributed by atoms with Crippen LogP contribution in [0.15, 0.2) is 30.5 Å². The highest BCUT2D eigenvalue weighted by Crippen LogP contribution is 2.45. The smallest absolute Gasteiger partial charge is 0.231 e. The fourth-order valence-electron chi connectivity index (χ4n) is 5.66. The van der Waals surface area contributed by atoms with Gasteiger partial charge in [-0.2, -0.15) is 4.98 Å². The summed E-state index contributed by atoms with van der Waals surface area (Å²) in [6.45, 7) is 1.75. The highest BCUT2D eigenvalue weighted by atomic mass is 35.5. The molecule has 10 nitrogen and oxygen atoms in total. The fourth-order valence-corrected chi connectivity index (χ4v) is 5.81. The summed E-state index contributed by atoms with van der Waals surface area (Å²) in [5, 5.41) is 6.97. The minimum Gasteiger partial charge on any atom is -0.495 e. The first-order valence-corrected chi connectivity index (χ1v) is 12.4. The Kier molecular flexibility index (Phi) is 6.72. The molecular weight excluding hydrogens is 482 g/mol. The summed E-state index contributed by atoms with van der Waals surface area (Å²) in [6, 6.07) is 3.89. The molecule has 1 saturated carbocycles. The van der Waals surface area contributed by atoms with Gasteiger partial charge in [-0.05, 0) is 54.4 Å². The van der Waals surface area contributed by atoms with Crippen LogP contribution in [0.5, 0.6) is 5.75 Å². The minimum atomic E-state index is -0.325. The van der Waals surface area contributed by atoms with Crippen molar-refractivity contribution in [2.24, 2.45) is 29.2 Å². The molecule has 0 unspecified atom stereocenters. The van der Waals surface area contributed by atoms with Crippen LogP contribution in [-0.4, -0.2) is 59.5 Å². The van der Waals surface area contributed by atoms with E-state index in [-0.39, 0.29) is 42.2 Å². The first-order chi connectivity index (χ1) is 17.3. The molecule has 190 valence electrons. The molecule has 0 spiro atoms. The van der Waals surface area contributed by atoms with Crippen LogP contribution < -0.4 is 26.8 Å². The normalized spacial score (nSPS) is 24.7. The Morgan fingerprint density at radius 1 is 1.17 bits per heavy atom. The van der Waals surface area contributed by atoms with Crippen molar-refractivity contribution in [2.45, 2.75) is 25.3 Å². The van der Waals surface area contributed by atoms with E-state index in [1.807, 2.05) is 12.1 Å². The van der Waals surface area contributed by atoms with Gasteiger partial charge in [-0.25, -0.2) is 4.98 Å². The van der Waals surface area contributed by atoms with E-state index in [0.717, 1.165) is 43.6 Å². The van der Waals surface area contributed by atoms with Gasteiger partial charge in [0.2, 0.25) is 17.8 Å². The highest BCUT2D eigenvalue weighted by Gasteiger charge is 2.47. The van der Waals surface area contributed by atoms with E-state index in [0.29, 0.717) is 22.5 Å². The van der Waals surface area contributed by atoms with Gasteiger partial charge < -0.3 is 26.8 Å². The molecule has 2 aliphatic carbocycles. The Balaban J connectivity index is 1.36. The summed E-state index contributed by atoms with van der Waals surface area (Å²) in [4.78, 5) is 34.5. The molecule has 2 bridgehead atoms. The summed E-state index contributed by atoms with van der Waals surface area (Å²) in [5.41, 5.74) is 14.1. The van der Waals surface area contributed by atoms with E-state index in [2.05, 4.69) is 37.7 Å². The van der Waals surface area contributed by atoms with Gasteiger partial charge in [-0.3, -0.25) is 14.5 Å². The molecule has 4 atom stereocenters. The molecule has 5 rings (SSSR count). The van der Waals surface area contributed by atoms with Crippen molar-refractivity contribution in [1.82, 2.24) is 14.9 Å². The number of benzene rings is 1. The lowest BCUT2D eigenvalue weighted by atomic mass is 9.88. The van der Waals surface area contributed by atoms with Gasteiger partial charge in [0, 0.05) is 19.1 Å². The third-order valence-electron chi connectivity index (χ3n) is 7.38. The third-order valence-corrected chi connectivity index (χ3v) is 7.65. The lowest BCUT2D eigenvalue weighted by molar-refractivity contribution is -0.122. The second-order valence-corrected chi connectivity index (χ2v) is 10.0. The Hall–Kier alpha value is -3.37. The molecule has 1 aromatic carbocycles. The predicted molar refractivity (Wildman–Crippen MR) is 137 cm³/mol. The lowest BCUT2D eigenvalue weighted by Crippen LogP contribution is -2.41. The van der Waals surface area contributed by atoms with Gasteiger partial charge in [0.25, 0.3) is 0 Å². The molecular formula is C25H30ClN7O3. The summed E-state index contributed by atoms with van der Waals surface area (Å²) < 4.78 is 5.64. The number of aromatic nitrogens is 2. The SMILES string of the molecule is COc1cc2c(cc1Nc1ncc(Cl)c(N[C@H]3[C@@H](C(N)=O)[C@@H]4C=C[C@H]3C4)n1)CCN(CC(N)=O)CC2. The zero-order valence-corrected chi connectivity index (χ0v) is 20.8. The van der Waals surface area contributed by atoms with Crippen molar-refractivity contribution in [3.05, 3.63) is 46.6 Å². The number of amides is 2. The second kappa shape index (κ2) is 9.94. The van der Waals surface area contributed by atoms with E-state index >= 15 is 0 Å². The highest BCUT2D eigenvalue weighted by molar-refractivity contribution is 6.32. The molecule has 36 heavy (non-hydrogen) atoms. The number of ether oxygens (including phenoxy) is 1. The topological polar surface area (TPSA) is 148 Å². The first kappa shape index (κ1) is 24.3. The maximum Gasteiger partial charge on any atom is 0.231 e. The van der Waals surface area contributed by atoms with Crippen LogP contribution in [0.1, 0.15) is 17.5 Å². The number of carbonyl (C=O) groups excluding carboxylic acids is 2. The Bertz CT molecular complexity index is 1220. The molecule has 0 saturated heterocycles. The van der Waals surface area contributed by atoms with Crippen molar-refractivity contribution >= 4 is 40.9 Å². The molecule has 11 heteroatoms. The van der Waals surface area contributed by atoms with Gasteiger partial charge >= 0.3 is 0 Å². The van der Waals surface area contributed by atoms with E-state index in [4.69, 9.17) is 27.8 Å². The van der Waals surface area contributed by atoms with Crippen LogP contribution in [0.25, 0.3) is 0 Å². The fraction of sp³-hybridized carbons (Fsp3) is 0.440. The molecule has 6 N–H and O–H groups in total. The Labute approximate surface area is 214 Å². The van der Waals surface area contributed by atoms with Crippen molar-refractivity contribution in [1.29, 1.82) is 0 Å². The summed E-state index contributed by atoms with van der Waals surface area (Å²) >= 11 is 6.42. The van der Waals surface area contributed by atoms with E-state index in [1.165, 1.54) is 11.8 Å². The van der Waals surface area contributed by atoms with Gasteiger partial charge in [0.15, 0.2) is 5.82 Å². The number of nitrogens with two attached hydrogens (primary N) is 2. The van der Waals surface area contributed by atoms with Crippen LogP contribution >= 0.6 is 11.6 Å².